The second-order valence-corrected chi connectivity index (χ2v) is 4.19. The zero-order valence-corrected chi connectivity index (χ0v) is 10.1. The van der Waals surface area contributed by atoms with Crippen LogP contribution >= 0.6 is 0 Å². The van der Waals surface area contributed by atoms with Gasteiger partial charge in [0.25, 0.3) is 0 Å². The molecule has 17 heavy (non-hydrogen) atoms. The molecular weight excluding hydrogens is 219 g/mol. The second kappa shape index (κ2) is 4.30. The van der Waals surface area contributed by atoms with Gasteiger partial charge in [-0.2, -0.15) is 5.10 Å². The number of rotatable bonds is 2. The Hall–Kier alpha value is -1.68. The molecule has 0 spiro atoms. The summed E-state index contributed by atoms with van der Waals surface area (Å²) in [5, 5.41) is 14.0. The van der Waals surface area contributed by atoms with Crippen molar-refractivity contribution in [2.75, 3.05) is 0 Å². The molecule has 1 aromatic carbocycles. The van der Waals surface area contributed by atoms with E-state index in [2.05, 4.69) is 5.10 Å². The maximum absolute atomic E-state index is 13.7. The van der Waals surface area contributed by atoms with Crippen molar-refractivity contribution in [2.24, 2.45) is 0 Å². The molecule has 1 N–H and O–H groups in total. The Kier molecular flexibility index (Phi) is 2.98. The van der Waals surface area contributed by atoms with Crippen molar-refractivity contribution < 1.29 is 9.50 Å². The summed E-state index contributed by atoms with van der Waals surface area (Å²) in [6.07, 6.45) is -0.866. The fourth-order valence-electron chi connectivity index (χ4n) is 2.00. The van der Waals surface area contributed by atoms with Crippen LogP contribution in [-0.2, 0) is 0 Å². The number of hydrogen-bond acceptors (Lipinski definition) is 2. The summed E-state index contributed by atoms with van der Waals surface area (Å²) in [5.41, 5.74) is 2.64. The van der Waals surface area contributed by atoms with Gasteiger partial charge >= 0.3 is 0 Å². The quantitative estimate of drug-likeness (QED) is 0.867. The van der Waals surface area contributed by atoms with Crippen LogP contribution < -0.4 is 0 Å². The number of hydrogen-bond donors (Lipinski definition) is 1. The molecule has 2 rings (SSSR count). The highest BCUT2D eigenvalue weighted by molar-refractivity contribution is 5.43. The summed E-state index contributed by atoms with van der Waals surface area (Å²) in [4.78, 5) is 0. The van der Waals surface area contributed by atoms with E-state index in [1.807, 2.05) is 19.9 Å². The van der Waals surface area contributed by atoms with Crippen molar-refractivity contribution in [1.82, 2.24) is 9.78 Å². The molecule has 0 amide bonds. The van der Waals surface area contributed by atoms with E-state index < -0.39 is 11.9 Å². The third-order valence-corrected chi connectivity index (χ3v) is 2.69. The minimum atomic E-state index is -0.866. The topological polar surface area (TPSA) is 38.0 Å². The van der Waals surface area contributed by atoms with Crippen LogP contribution in [0.15, 0.2) is 24.3 Å². The normalized spacial score (nSPS) is 12.8. The van der Waals surface area contributed by atoms with Crippen LogP contribution in [0.3, 0.4) is 0 Å². The van der Waals surface area contributed by atoms with Crippen molar-refractivity contribution >= 4 is 0 Å². The molecule has 0 unspecified atom stereocenters. The zero-order valence-electron chi connectivity index (χ0n) is 10.1. The monoisotopic (exact) mass is 234 g/mol. The molecule has 0 aliphatic heterocycles. The Bertz CT molecular complexity index is 546. The van der Waals surface area contributed by atoms with Crippen LogP contribution in [0.1, 0.15) is 30.0 Å². The van der Waals surface area contributed by atoms with E-state index in [0.717, 1.165) is 11.4 Å². The second-order valence-electron chi connectivity index (χ2n) is 4.19. The van der Waals surface area contributed by atoms with Crippen molar-refractivity contribution in [3.8, 4) is 5.69 Å². The SMILES string of the molecule is Cc1cc(C)n(-c2cccc(F)c2[C@@H](C)O)n1. The average Bonchev–Trinajstić information content (AvgIpc) is 2.56. The lowest BCUT2D eigenvalue weighted by atomic mass is 10.1. The molecule has 3 nitrogen and oxygen atoms in total. The van der Waals surface area contributed by atoms with Crippen LogP contribution in [-0.4, -0.2) is 14.9 Å². The molecule has 2 aromatic rings. The van der Waals surface area contributed by atoms with E-state index in [0.29, 0.717) is 5.69 Å². The van der Waals surface area contributed by atoms with Crippen LogP contribution in [0, 0.1) is 19.7 Å². The molecule has 0 radical (unpaired) electrons. The summed E-state index contributed by atoms with van der Waals surface area (Å²) in [5.74, 6) is -0.412. The van der Waals surface area contributed by atoms with E-state index >= 15 is 0 Å². The number of nitrogens with zero attached hydrogens (tertiary/aromatic N) is 2. The lowest BCUT2D eigenvalue weighted by Gasteiger charge is -2.14. The fourth-order valence-corrected chi connectivity index (χ4v) is 2.00. The van der Waals surface area contributed by atoms with Gasteiger partial charge in [-0.1, -0.05) is 6.07 Å². The summed E-state index contributed by atoms with van der Waals surface area (Å²) in [6.45, 7) is 5.33. The fraction of sp³-hybridized carbons (Fsp3) is 0.308. The maximum Gasteiger partial charge on any atom is 0.131 e. The molecule has 1 aromatic heterocycles. The third kappa shape index (κ3) is 2.08. The summed E-state index contributed by atoms with van der Waals surface area (Å²) in [6, 6.07) is 6.63. The van der Waals surface area contributed by atoms with Gasteiger partial charge in [0, 0.05) is 11.3 Å². The Labute approximate surface area is 99.5 Å². The van der Waals surface area contributed by atoms with Gasteiger partial charge in [-0.05, 0) is 39.0 Å². The highest BCUT2D eigenvalue weighted by atomic mass is 19.1. The van der Waals surface area contributed by atoms with E-state index in [4.69, 9.17) is 0 Å². The highest BCUT2D eigenvalue weighted by Gasteiger charge is 2.16. The number of aromatic nitrogens is 2. The van der Waals surface area contributed by atoms with E-state index in [1.54, 1.807) is 23.7 Å². The van der Waals surface area contributed by atoms with Gasteiger partial charge < -0.3 is 5.11 Å². The number of aryl methyl sites for hydroxylation is 2. The van der Waals surface area contributed by atoms with Gasteiger partial charge in [-0.25, -0.2) is 9.07 Å². The van der Waals surface area contributed by atoms with Gasteiger partial charge in [0.15, 0.2) is 0 Å². The molecule has 0 fully saturated rings. The number of halogens is 1. The Balaban J connectivity index is 2.67. The molecule has 0 bridgehead atoms. The predicted octanol–water partition coefficient (Wildman–Crippen LogP) is 2.68. The maximum atomic E-state index is 13.7. The van der Waals surface area contributed by atoms with Gasteiger partial charge in [0.2, 0.25) is 0 Å². The van der Waals surface area contributed by atoms with E-state index in [1.165, 1.54) is 6.07 Å². The van der Waals surface area contributed by atoms with Crippen LogP contribution in [0.2, 0.25) is 0 Å². The first-order valence-electron chi connectivity index (χ1n) is 5.51. The largest absolute Gasteiger partial charge is 0.389 e. The van der Waals surface area contributed by atoms with E-state index in [9.17, 15) is 9.50 Å². The average molecular weight is 234 g/mol. The van der Waals surface area contributed by atoms with Crippen molar-refractivity contribution in [3.63, 3.8) is 0 Å². The first-order valence-corrected chi connectivity index (χ1v) is 5.51. The minimum Gasteiger partial charge on any atom is -0.389 e. The van der Waals surface area contributed by atoms with Gasteiger partial charge in [0.1, 0.15) is 5.82 Å². The molecule has 4 heteroatoms. The predicted molar refractivity (Wildman–Crippen MR) is 63.6 cm³/mol. The molecule has 0 aliphatic carbocycles. The van der Waals surface area contributed by atoms with Crippen LogP contribution in [0.5, 0.6) is 0 Å². The van der Waals surface area contributed by atoms with Crippen LogP contribution in [0.4, 0.5) is 4.39 Å². The van der Waals surface area contributed by atoms with Crippen molar-refractivity contribution in [1.29, 1.82) is 0 Å². The first-order chi connectivity index (χ1) is 8.00. The Morgan fingerprint density at radius 1 is 1.35 bits per heavy atom. The summed E-state index contributed by atoms with van der Waals surface area (Å²) >= 11 is 0. The standard InChI is InChI=1S/C13H15FN2O/c1-8-7-9(2)16(15-8)12-6-4-5-11(14)13(12)10(3)17/h4-7,10,17H,1-3H3/t10-/m1/s1. The number of benzene rings is 1. The van der Waals surface area contributed by atoms with Crippen molar-refractivity contribution in [3.05, 3.63) is 47.0 Å². The number of aliphatic hydroxyl groups is 1. The molecule has 90 valence electrons. The van der Waals surface area contributed by atoms with Gasteiger partial charge in [-0.15, -0.1) is 0 Å². The molecule has 0 saturated heterocycles. The van der Waals surface area contributed by atoms with Gasteiger partial charge in [-0.3, -0.25) is 0 Å². The lowest BCUT2D eigenvalue weighted by molar-refractivity contribution is 0.193. The highest BCUT2D eigenvalue weighted by Crippen LogP contribution is 2.25. The molecule has 0 aliphatic rings. The lowest BCUT2D eigenvalue weighted by Crippen LogP contribution is -2.07. The molecule has 1 atom stereocenters. The summed E-state index contributed by atoms with van der Waals surface area (Å²) in [7, 11) is 0. The Morgan fingerprint density at radius 2 is 2.06 bits per heavy atom. The van der Waals surface area contributed by atoms with Crippen molar-refractivity contribution in [2.45, 2.75) is 26.9 Å². The number of aliphatic hydroxyl groups excluding tert-OH is 1. The Morgan fingerprint density at radius 3 is 2.59 bits per heavy atom. The van der Waals surface area contributed by atoms with E-state index in [-0.39, 0.29) is 5.56 Å². The first kappa shape index (κ1) is 11.8. The third-order valence-electron chi connectivity index (χ3n) is 2.69. The molecule has 0 saturated carbocycles. The smallest absolute Gasteiger partial charge is 0.131 e. The molecular formula is C13H15FN2O. The minimum absolute atomic E-state index is 0.277. The molecule has 1 heterocycles. The zero-order chi connectivity index (χ0) is 12.6. The van der Waals surface area contributed by atoms with Crippen LogP contribution in [0.25, 0.3) is 5.69 Å². The van der Waals surface area contributed by atoms with Gasteiger partial charge in [0.05, 0.1) is 17.5 Å². The summed E-state index contributed by atoms with van der Waals surface area (Å²) < 4.78 is 15.4.